The van der Waals surface area contributed by atoms with Crippen LogP contribution in [0.2, 0.25) is 0 Å². The highest BCUT2D eigenvalue weighted by Gasteiger charge is 2.13. The molecule has 0 bridgehead atoms. The highest BCUT2D eigenvalue weighted by molar-refractivity contribution is 6.07. The summed E-state index contributed by atoms with van der Waals surface area (Å²) in [5, 5.41) is 2.80. The van der Waals surface area contributed by atoms with E-state index in [0.717, 1.165) is 18.9 Å². The lowest BCUT2D eigenvalue weighted by Crippen LogP contribution is -2.36. The zero-order valence-electron chi connectivity index (χ0n) is 13.0. The van der Waals surface area contributed by atoms with Crippen LogP contribution in [0.4, 0.5) is 17.2 Å². The summed E-state index contributed by atoms with van der Waals surface area (Å²) in [5.41, 5.74) is 7.36. The molecule has 2 aromatic rings. The standard InChI is InChI=1S/C16H18N4O2.2ClH/c17-14-4-2-1-3-13(14)16(21)19-12-5-6-15(18-11-12)20-7-9-22-10-8-20;;/h1-6,11H,7-10,17H2,(H,19,21);2*1H. The normalized spacial score (nSPS) is 13.4. The Morgan fingerprint density at radius 2 is 1.83 bits per heavy atom. The molecule has 1 aromatic heterocycles. The fourth-order valence-electron chi connectivity index (χ4n) is 2.34. The number of halogens is 2. The number of carbonyl (C=O) groups is 1. The van der Waals surface area contributed by atoms with E-state index in [2.05, 4.69) is 15.2 Å². The molecule has 0 aliphatic carbocycles. The summed E-state index contributed by atoms with van der Waals surface area (Å²) in [4.78, 5) is 18.7. The Labute approximate surface area is 153 Å². The van der Waals surface area contributed by atoms with Gasteiger partial charge in [-0.3, -0.25) is 4.79 Å². The number of carbonyl (C=O) groups excluding carboxylic acids is 1. The van der Waals surface area contributed by atoms with Gasteiger partial charge in [0.25, 0.3) is 5.91 Å². The first-order chi connectivity index (χ1) is 10.7. The van der Waals surface area contributed by atoms with Gasteiger partial charge in [-0.2, -0.15) is 0 Å². The number of hydrogen-bond acceptors (Lipinski definition) is 5. The predicted molar refractivity (Wildman–Crippen MR) is 101 cm³/mol. The molecule has 0 radical (unpaired) electrons. The van der Waals surface area contributed by atoms with Crippen LogP contribution in [0.25, 0.3) is 0 Å². The molecule has 3 rings (SSSR count). The van der Waals surface area contributed by atoms with Crippen molar-refractivity contribution in [1.29, 1.82) is 0 Å². The Hall–Kier alpha value is -2.02. The lowest BCUT2D eigenvalue weighted by atomic mass is 10.1. The number of nitrogens with two attached hydrogens (primary N) is 1. The van der Waals surface area contributed by atoms with Crippen LogP contribution in [0.3, 0.4) is 0 Å². The number of benzene rings is 1. The van der Waals surface area contributed by atoms with Gasteiger partial charge in [0, 0.05) is 18.8 Å². The second-order valence-corrected chi connectivity index (χ2v) is 5.05. The van der Waals surface area contributed by atoms with Crippen LogP contribution in [0, 0.1) is 0 Å². The van der Waals surface area contributed by atoms with Crippen molar-refractivity contribution < 1.29 is 9.53 Å². The Balaban J connectivity index is 0.00000144. The van der Waals surface area contributed by atoms with Crippen molar-refractivity contribution in [3.8, 4) is 0 Å². The van der Waals surface area contributed by atoms with E-state index in [1.807, 2.05) is 12.1 Å². The van der Waals surface area contributed by atoms with Crippen molar-refractivity contribution in [3.63, 3.8) is 0 Å². The van der Waals surface area contributed by atoms with Gasteiger partial charge in [-0.25, -0.2) is 4.98 Å². The Kier molecular flexibility index (Phi) is 7.78. The maximum absolute atomic E-state index is 12.2. The predicted octanol–water partition coefficient (Wildman–Crippen LogP) is 2.60. The monoisotopic (exact) mass is 370 g/mol. The van der Waals surface area contributed by atoms with Gasteiger partial charge in [0.2, 0.25) is 0 Å². The topological polar surface area (TPSA) is 80.5 Å². The molecule has 0 saturated carbocycles. The second kappa shape index (κ2) is 9.32. The molecule has 0 unspecified atom stereocenters. The average Bonchev–Trinajstić information content (AvgIpc) is 2.57. The van der Waals surface area contributed by atoms with Gasteiger partial charge in [-0.15, -0.1) is 24.8 Å². The zero-order chi connectivity index (χ0) is 15.4. The number of ether oxygens (including phenoxy) is 1. The Bertz CT molecular complexity index is 661. The first kappa shape index (κ1) is 20.0. The van der Waals surface area contributed by atoms with Crippen molar-refractivity contribution in [2.75, 3.05) is 42.3 Å². The molecular weight excluding hydrogens is 351 g/mol. The van der Waals surface area contributed by atoms with Crippen molar-refractivity contribution in [1.82, 2.24) is 4.98 Å². The van der Waals surface area contributed by atoms with Gasteiger partial charge in [0.15, 0.2) is 0 Å². The molecule has 6 nitrogen and oxygen atoms in total. The van der Waals surface area contributed by atoms with E-state index in [1.165, 1.54) is 0 Å². The summed E-state index contributed by atoms with van der Waals surface area (Å²) >= 11 is 0. The number of anilines is 3. The number of nitrogen functional groups attached to an aromatic ring is 1. The van der Waals surface area contributed by atoms with Gasteiger partial charge in [0.1, 0.15) is 5.82 Å². The fourth-order valence-corrected chi connectivity index (χ4v) is 2.34. The minimum atomic E-state index is -0.237. The third kappa shape index (κ3) is 4.74. The molecule has 1 aliphatic rings. The molecule has 1 aliphatic heterocycles. The highest BCUT2D eigenvalue weighted by atomic mass is 35.5. The molecule has 1 amide bonds. The summed E-state index contributed by atoms with van der Waals surface area (Å²) < 4.78 is 5.32. The summed E-state index contributed by atoms with van der Waals surface area (Å²) in [6, 6.07) is 10.7. The van der Waals surface area contributed by atoms with Crippen LogP contribution < -0.4 is 16.0 Å². The van der Waals surface area contributed by atoms with E-state index in [0.29, 0.717) is 30.2 Å². The number of nitrogens with one attached hydrogen (secondary N) is 1. The summed E-state index contributed by atoms with van der Waals surface area (Å²) in [5.74, 6) is 0.652. The molecule has 1 aromatic carbocycles. The van der Waals surface area contributed by atoms with Crippen molar-refractivity contribution in [3.05, 3.63) is 48.2 Å². The van der Waals surface area contributed by atoms with Gasteiger partial charge >= 0.3 is 0 Å². The van der Waals surface area contributed by atoms with E-state index >= 15 is 0 Å². The zero-order valence-corrected chi connectivity index (χ0v) is 14.6. The van der Waals surface area contributed by atoms with Crippen molar-refractivity contribution in [2.45, 2.75) is 0 Å². The lowest BCUT2D eigenvalue weighted by Gasteiger charge is -2.27. The second-order valence-electron chi connectivity index (χ2n) is 5.05. The maximum Gasteiger partial charge on any atom is 0.257 e. The van der Waals surface area contributed by atoms with Crippen LogP contribution in [0.1, 0.15) is 10.4 Å². The molecule has 2 heterocycles. The largest absolute Gasteiger partial charge is 0.398 e. The third-order valence-electron chi connectivity index (χ3n) is 3.55. The van der Waals surface area contributed by atoms with Crippen molar-refractivity contribution in [2.24, 2.45) is 0 Å². The summed E-state index contributed by atoms with van der Waals surface area (Å²) in [6.07, 6.45) is 1.65. The average molecular weight is 371 g/mol. The van der Waals surface area contributed by atoms with Crippen LogP contribution >= 0.6 is 24.8 Å². The van der Waals surface area contributed by atoms with Crippen molar-refractivity contribution >= 4 is 47.9 Å². The number of rotatable bonds is 3. The minimum absolute atomic E-state index is 0. The van der Waals surface area contributed by atoms with E-state index in [4.69, 9.17) is 10.5 Å². The van der Waals surface area contributed by atoms with Gasteiger partial charge < -0.3 is 20.7 Å². The first-order valence-electron chi connectivity index (χ1n) is 7.18. The van der Waals surface area contributed by atoms with Gasteiger partial charge in [-0.1, -0.05) is 12.1 Å². The van der Waals surface area contributed by atoms with Gasteiger partial charge in [-0.05, 0) is 24.3 Å². The van der Waals surface area contributed by atoms with E-state index < -0.39 is 0 Å². The molecular formula is C16H20Cl2N4O2. The number of morpholine rings is 1. The molecule has 0 spiro atoms. The van der Waals surface area contributed by atoms with E-state index in [1.54, 1.807) is 30.5 Å². The first-order valence-corrected chi connectivity index (χ1v) is 7.18. The number of amides is 1. The highest BCUT2D eigenvalue weighted by Crippen LogP contribution is 2.17. The molecule has 1 fully saturated rings. The number of nitrogens with zero attached hydrogens (tertiary/aromatic N) is 2. The summed E-state index contributed by atoms with van der Waals surface area (Å²) in [7, 11) is 0. The Morgan fingerprint density at radius 3 is 2.46 bits per heavy atom. The van der Waals surface area contributed by atoms with Crippen LogP contribution in [0.5, 0.6) is 0 Å². The van der Waals surface area contributed by atoms with Crippen LogP contribution in [0.15, 0.2) is 42.6 Å². The third-order valence-corrected chi connectivity index (χ3v) is 3.55. The molecule has 8 heteroatoms. The summed E-state index contributed by atoms with van der Waals surface area (Å²) in [6.45, 7) is 3.10. The minimum Gasteiger partial charge on any atom is -0.398 e. The molecule has 3 N–H and O–H groups in total. The fraction of sp³-hybridized carbons (Fsp3) is 0.250. The van der Waals surface area contributed by atoms with Crippen LogP contribution in [-0.2, 0) is 4.74 Å². The molecule has 130 valence electrons. The quantitative estimate of drug-likeness (QED) is 0.811. The number of hydrogen-bond donors (Lipinski definition) is 2. The Morgan fingerprint density at radius 1 is 1.12 bits per heavy atom. The van der Waals surface area contributed by atoms with E-state index in [9.17, 15) is 4.79 Å². The van der Waals surface area contributed by atoms with Gasteiger partial charge in [0.05, 0.1) is 30.7 Å². The maximum atomic E-state index is 12.2. The van der Waals surface area contributed by atoms with Crippen LogP contribution in [-0.4, -0.2) is 37.2 Å². The number of aromatic nitrogens is 1. The molecule has 1 saturated heterocycles. The number of para-hydroxylation sites is 1. The number of pyridine rings is 1. The lowest BCUT2D eigenvalue weighted by molar-refractivity contribution is 0.102. The molecule has 24 heavy (non-hydrogen) atoms. The molecule has 0 atom stereocenters. The smallest absolute Gasteiger partial charge is 0.257 e. The SMILES string of the molecule is Cl.Cl.Nc1ccccc1C(=O)Nc1ccc(N2CCOCC2)nc1. The van der Waals surface area contributed by atoms with E-state index in [-0.39, 0.29) is 30.7 Å².